The smallest absolute Gasteiger partial charge is 0.309 e. The monoisotopic (exact) mass is 372 g/mol. The lowest BCUT2D eigenvalue weighted by atomic mass is 9.79. The molecule has 0 radical (unpaired) electrons. The molecule has 0 heterocycles. The molecule has 152 valence electrons. The van der Waals surface area contributed by atoms with E-state index in [1.54, 1.807) is 0 Å². The largest absolute Gasteiger partial charge is 0.463 e. The summed E-state index contributed by atoms with van der Waals surface area (Å²) in [5.41, 5.74) is 0. The van der Waals surface area contributed by atoms with Gasteiger partial charge < -0.3 is 18.9 Å². The first-order chi connectivity index (χ1) is 12.7. The zero-order chi connectivity index (χ0) is 19.0. The molecular weight excluding hydrogens is 336 g/mol. The Morgan fingerprint density at radius 2 is 1.12 bits per heavy atom. The fraction of sp³-hybridized carbons (Fsp3) is 0.900. The molecule has 1 aliphatic rings. The fourth-order valence-electron chi connectivity index (χ4n) is 3.01. The Morgan fingerprint density at radius 1 is 0.692 bits per heavy atom. The summed E-state index contributed by atoms with van der Waals surface area (Å²) in [6.07, 6.45) is 7.42. The molecule has 0 aromatic rings. The molecule has 1 fully saturated rings. The van der Waals surface area contributed by atoms with Crippen molar-refractivity contribution in [2.24, 2.45) is 11.8 Å². The SMILES string of the molecule is CCCCOCCOC(=O)C1CCCCC1C(=O)OCCOCCCC. The molecule has 2 unspecified atom stereocenters. The zero-order valence-electron chi connectivity index (χ0n) is 16.5. The molecule has 2 atom stereocenters. The van der Waals surface area contributed by atoms with Gasteiger partial charge in [0, 0.05) is 13.2 Å². The predicted molar refractivity (Wildman–Crippen MR) is 98.8 cm³/mol. The topological polar surface area (TPSA) is 71.1 Å². The van der Waals surface area contributed by atoms with Gasteiger partial charge in [0.25, 0.3) is 0 Å². The molecule has 6 nitrogen and oxygen atoms in total. The fourth-order valence-corrected chi connectivity index (χ4v) is 3.01. The lowest BCUT2D eigenvalue weighted by Gasteiger charge is -2.28. The van der Waals surface area contributed by atoms with E-state index in [-0.39, 0.29) is 25.2 Å². The van der Waals surface area contributed by atoms with Crippen LogP contribution >= 0.6 is 0 Å². The van der Waals surface area contributed by atoms with E-state index in [4.69, 9.17) is 18.9 Å². The van der Waals surface area contributed by atoms with Gasteiger partial charge in [-0.15, -0.1) is 0 Å². The van der Waals surface area contributed by atoms with Crippen molar-refractivity contribution in [2.75, 3.05) is 39.6 Å². The Morgan fingerprint density at radius 3 is 1.50 bits per heavy atom. The van der Waals surface area contributed by atoms with Gasteiger partial charge >= 0.3 is 11.9 Å². The van der Waals surface area contributed by atoms with E-state index in [1.807, 2.05) is 0 Å². The third kappa shape index (κ3) is 9.53. The molecule has 0 N–H and O–H groups in total. The lowest BCUT2D eigenvalue weighted by Crippen LogP contribution is -2.35. The van der Waals surface area contributed by atoms with Crippen molar-refractivity contribution in [3.8, 4) is 0 Å². The Labute approximate surface area is 157 Å². The second kappa shape index (κ2) is 15.0. The Hall–Kier alpha value is -1.14. The molecule has 6 heteroatoms. The highest BCUT2D eigenvalue weighted by Gasteiger charge is 2.37. The van der Waals surface area contributed by atoms with Crippen LogP contribution in [0.3, 0.4) is 0 Å². The number of carbonyl (C=O) groups excluding carboxylic acids is 2. The van der Waals surface area contributed by atoms with Gasteiger partial charge in [-0.1, -0.05) is 39.5 Å². The number of ether oxygens (including phenoxy) is 4. The molecule has 0 aliphatic heterocycles. The van der Waals surface area contributed by atoms with Gasteiger partial charge in [-0.05, 0) is 25.7 Å². The second-order valence-electron chi connectivity index (χ2n) is 6.76. The second-order valence-corrected chi connectivity index (χ2v) is 6.76. The Balaban J connectivity index is 2.28. The zero-order valence-corrected chi connectivity index (χ0v) is 16.5. The molecule has 1 saturated carbocycles. The first kappa shape index (κ1) is 22.9. The Kier molecular flexibility index (Phi) is 13.2. The molecular formula is C20H36O6. The van der Waals surface area contributed by atoms with Crippen molar-refractivity contribution in [1.29, 1.82) is 0 Å². The summed E-state index contributed by atoms with van der Waals surface area (Å²) in [5, 5.41) is 0. The summed E-state index contributed by atoms with van der Waals surface area (Å²) in [6, 6.07) is 0. The van der Waals surface area contributed by atoms with Gasteiger partial charge in [0.05, 0.1) is 25.0 Å². The van der Waals surface area contributed by atoms with Crippen molar-refractivity contribution in [3.63, 3.8) is 0 Å². The van der Waals surface area contributed by atoms with Crippen LogP contribution in [0, 0.1) is 11.8 Å². The van der Waals surface area contributed by atoms with Crippen LogP contribution in [0.2, 0.25) is 0 Å². The van der Waals surface area contributed by atoms with Gasteiger partial charge in [0.15, 0.2) is 0 Å². The van der Waals surface area contributed by atoms with Crippen molar-refractivity contribution >= 4 is 11.9 Å². The number of carbonyl (C=O) groups is 2. The number of hydrogen-bond donors (Lipinski definition) is 0. The number of rotatable bonds is 14. The minimum absolute atomic E-state index is 0.242. The van der Waals surface area contributed by atoms with Gasteiger partial charge in [0.2, 0.25) is 0 Å². The summed E-state index contributed by atoms with van der Waals surface area (Å²) < 4.78 is 21.4. The van der Waals surface area contributed by atoms with E-state index in [2.05, 4.69) is 13.8 Å². The average Bonchev–Trinajstić information content (AvgIpc) is 2.67. The van der Waals surface area contributed by atoms with E-state index < -0.39 is 11.8 Å². The van der Waals surface area contributed by atoms with Crippen molar-refractivity contribution in [2.45, 2.75) is 65.2 Å². The van der Waals surface area contributed by atoms with Crippen LogP contribution in [-0.2, 0) is 28.5 Å². The van der Waals surface area contributed by atoms with Gasteiger partial charge in [-0.2, -0.15) is 0 Å². The predicted octanol–water partition coefficient (Wildman–Crippen LogP) is 3.51. The Bertz CT molecular complexity index is 348. The standard InChI is InChI=1S/C20H36O6/c1-3-5-11-23-13-15-25-19(21)17-9-7-8-10-18(17)20(22)26-16-14-24-12-6-4-2/h17-18H,3-16H2,1-2H3. The molecule has 0 aromatic heterocycles. The maximum atomic E-state index is 12.3. The van der Waals surface area contributed by atoms with E-state index in [1.165, 1.54) is 0 Å². The minimum Gasteiger partial charge on any atom is -0.463 e. The van der Waals surface area contributed by atoms with Crippen molar-refractivity contribution < 1.29 is 28.5 Å². The lowest BCUT2D eigenvalue weighted by molar-refractivity contribution is -0.164. The molecule has 0 amide bonds. The van der Waals surface area contributed by atoms with Gasteiger partial charge in [0.1, 0.15) is 13.2 Å². The average molecular weight is 373 g/mol. The van der Waals surface area contributed by atoms with E-state index in [0.29, 0.717) is 39.3 Å². The number of hydrogen-bond acceptors (Lipinski definition) is 6. The van der Waals surface area contributed by atoms with Crippen LogP contribution in [0.4, 0.5) is 0 Å². The summed E-state index contributed by atoms with van der Waals surface area (Å²) in [6.45, 7) is 6.87. The normalized spacial score (nSPS) is 19.9. The van der Waals surface area contributed by atoms with Crippen LogP contribution in [0.5, 0.6) is 0 Å². The highest BCUT2D eigenvalue weighted by molar-refractivity contribution is 5.82. The summed E-state index contributed by atoms with van der Waals surface area (Å²) >= 11 is 0. The van der Waals surface area contributed by atoms with Crippen LogP contribution in [0.15, 0.2) is 0 Å². The van der Waals surface area contributed by atoms with E-state index in [9.17, 15) is 9.59 Å². The van der Waals surface area contributed by atoms with E-state index in [0.717, 1.165) is 38.5 Å². The maximum absolute atomic E-state index is 12.3. The quantitative estimate of drug-likeness (QED) is 0.343. The summed E-state index contributed by atoms with van der Waals surface area (Å²) in [5.74, 6) is -1.39. The van der Waals surface area contributed by atoms with Gasteiger partial charge in [-0.3, -0.25) is 9.59 Å². The molecule has 0 aromatic carbocycles. The van der Waals surface area contributed by atoms with Crippen LogP contribution < -0.4 is 0 Å². The first-order valence-electron chi connectivity index (χ1n) is 10.2. The van der Waals surface area contributed by atoms with Crippen molar-refractivity contribution in [1.82, 2.24) is 0 Å². The molecule has 1 aliphatic carbocycles. The molecule has 1 rings (SSSR count). The first-order valence-corrected chi connectivity index (χ1v) is 10.2. The molecule has 0 saturated heterocycles. The third-order valence-electron chi connectivity index (χ3n) is 4.60. The highest BCUT2D eigenvalue weighted by atomic mass is 16.6. The van der Waals surface area contributed by atoms with Crippen LogP contribution in [0.25, 0.3) is 0 Å². The summed E-state index contributed by atoms with van der Waals surface area (Å²) in [7, 11) is 0. The van der Waals surface area contributed by atoms with Crippen molar-refractivity contribution in [3.05, 3.63) is 0 Å². The third-order valence-corrected chi connectivity index (χ3v) is 4.60. The van der Waals surface area contributed by atoms with Gasteiger partial charge in [-0.25, -0.2) is 0 Å². The highest BCUT2D eigenvalue weighted by Crippen LogP contribution is 2.32. The molecule has 0 spiro atoms. The van der Waals surface area contributed by atoms with Crippen LogP contribution in [0.1, 0.15) is 65.2 Å². The summed E-state index contributed by atoms with van der Waals surface area (Å²) in [4.78, 5) is 24.7. The van der Waals surface area contributed by atoms with Crippen LogP contribution in [-0.4, -0.2) is 51.6 Å². The maximum Gasteiger partial charge on any atom is 0.309 e. The molecule has 26 heavy (non-hydrogen) atoms. The minimum atomic E-state index is -0.395. The van der Waals surface area contributed by atoms with E-state index >= 15 is 0 Å². The number of esters is 2. The molecule has 0 bridgehead atoms. The number of unbranched alkanes of at least 4 members (excludes halogenated alkanes) is 2.